The standard InChI is InChI=1S/C19H18N4O/c1-22-11-15(10-21-22)17-13-23(12-14-6-2-3-7-16(14)17)19(24)18-8-4-5-9-20-18/h2-11,17H,12-13H2,1H3/t17-/m0/s1. The number of rotatable bonds is 2. The van der Waals surface area contributed by atoms with Crippen LogP contribution in [0.25, 0.3) is 0 Å². The Bertz CT molecular complexity index is 872. The molecule has 1 aliphatic rings. The fourth-order valence-corrected chi connectivity index (χ4v) is 3.32. The fraction of sp³-hybridized carbons (Fsp3) is 0.211. The van der Waals surface area contributed by atoms with Crippen molar-refractivity contribution < 1.29 is 4.79 Å². The molecule has 0 saturated carbocycles. The minimum atomic E-state index is -0.0287. The molecule has 0 unspecified atom stereocenters. The SMILES string of the molecule is Cn1cc([C@@H]2CN(C(=O)c3ccccn3)Cc3ccccc32)cn1. The van der Waals surface area contributed by atoms with Crippen LogP contribution in [0.15, 0.2) is 61.1 Å². The quantitative estimate of drug-likeness (QED) is 0.730. The van der Waals surface area contributed by atoms with E-state index < -0.39 is 0 Å². The molecule has 0 bridgehead atoms. The molecule has 0 radical (unpaired) electrons. The first-order valence-electron chi connectivity index (χ1n) is 7.99. The lowest BCUT2D eigenvalue weighted by Crippen LogP contribution is -2.38. The third-order valence-electron chi connectivity index (χ3n) is 4.49. The molecule has 3 aromatic rings. The number of nitrogens with zero attached hydrogens (tertiary/aromatic N) is 4. The first-order chi connectivity index (χ1) is 11.7. The van der Waals surface area contributed by atoms with Crippen molar-refractivity contribution in [1.29, 1.82) is 0 Å². The van der Waals surface area contributed by atoms with Crippen LogP contribution in [0.4, 0.5) is 0 Å². The average molecular weight is 318 g/mol. The summed E-state index contributed by atoms with van der Waals surface area (Å²) in [6.45, 7) is 1.25. The molecule has 5 nitrogen and oxygen atoms in total. The normalized spacial score (nSPS) is 16.7. The van der Waals surface area contributed by atoms with E-state index in [2.05, 4.69) is 28.3 Å². The van der Waals surface area contributed by atoms with Crippen LogP contribution in [-0.4, -0.2) is 32.1 Å². The number of carbonyl (C=O) groups excluding carboxylic acids is 1. The Morgan fingerprint density at radius 1 is 1.17 bits per heavy atom. The molecule has 0 fully saturated rings. The zero-order valence-corrected chi connectivity index (χ0v) is 13.5. The highest BCUT2D eigenvalue weighted by Gasteiger charge is 2.30. The van der Waals surface area contributed by atoms with Crippen molar-refractivity contribution in [1.82, 2.24) is 19.7 Å². The molecule has 0 spiro atoms. The average Bonchev–Trinajstić information content (AvgIpc) is 3.07. The van der Waals surface area contributed by atoms with E-state index >= 15 is 0 Å². The second kappa shape index (κ2) is 5.92. The van der Waals surface area contributed by atoms with Gasteiger partial charge in [-0.25, -0.2) is 0 Å². The maximum atomic E-state index is 12.8. The number of aromatic nitrogens is 3. The van der Waals surface area contributed by atoms with E-state index in [4.69, 9.17) is 0 Å². The highest BCUT2D eigenvalue weighted by atomic mass is 16.2. The molecule has 0 aliphatic carbocycles. The highest BCUT2D eigenvalue weighted by molar-refractivity contribution is 5.92. The minimum absolute atomic E-state index is 0.0287. The van der Waals surface area contributed by atoms with Crippen LogP contribution in [0.2, 0.25) is 0 Å². The zero-order valence-electron chi connectivity index (χ0n) is 13.5. The molecule has 1 aromatic carbocycles. The van der Waals surface area contributed by atoms with Gasteiger partial charge in [-0.1, -0.05) is 30.3 Å². The molecule has 1 atom stereocenters. The Morgan fingerprint density at radius 3 is 2.75 bits per heavy atom. The number of pyridine rings is 1. The Balaban J connectivity index is 1.71. The minimum Gasteiger partial charge on any atom is -0.332 e. The van der Waals surface area contributed by atoms with Crippen molar-refractivity contribution in [3.05, 3.63) is 83.4 Å². The van der Waals surface area contributed by atoms with E-state index in [0.29, 0.717) is 18.8 Å². The van der Waals surface area contributed by atoms with Crippen LogP contribution in [-0.2, 0) is 13.6 Å². The third kappa shape index (κ3) is 2.58. The molecule has 1 aliphatic heterocycles. The van der Waals surface area contributed by atoms with Crippen LogP contribution >= 0.6 is 0 Å². The van der Waals surface area contributed by atoms with Gasteiger partial charge in [0.15, 0.2) is 0 Å². The Labute approximate surface area is 140 Å². The highest BCUT2D eigenvalue weighted by Crippen LogP contribution is 2.33. The molecular weight excluding hydrogens is 300 g/mol. The molecule has 1 amide bonds. The summed E-state index contributed by atoms with van der Waals surface area (Å²) in [4.78, 5) is 18.9. The van der Waals surface area contributed by atoms with Crippen LogP contribution < -0.4 is 0 Å². The summed E-state index contributed by atoms with van der Waals surface area (Å²) in [5, 5.41) is 4.29. The van der Waals surface area contributed by atoms with E-state index in [1.165, 1.54) is 11.1 Å². The molecule has 3 heterocycles. The maximum Gasteiger partial charge on any atom is 0.272 e. The lowest BCUT2D eigenvalue weighted by molar-refractivity contribution is 0.0719. The predicted octanol–water partition coefficient (Wildman–Crippen LogP) is 2.60. The topological polar surface area (TPSA) is 51.0 Å². The van der Waals surface area contributed by atoms with E-state index in [1.54, 1.807) is 16.9 Å². The summed E-state index contributed by atoms with van der Waals surface area (Å²) in [6.07, 6.45) is 5.57. The van der Waals surface area contributed by atoms with Gasteiger partial charge in [-0.3, -0.25) is 14.5 Å². The number of hydrogen-bond acceptors (Lipinski definition) is 3. The number of benzene rings is 1. The molecule has 2 aromatic heterocycles. The molecule has 0 N–H and O–H groups in total. The Kier molecular flexibility index (Phi) is 3.61. The number of carbonyl (C=O) groups is 1. The van der Waals surface area contributed by atoms with Gasteiger partial charge in [-0.2, -0.15) is 5.10 Å². The van der Waals surface area contributed by atoms with E-state index in [9.17, 15) is 4.79 Å². The second-order valence-corrected chi connectivity index (χ2v) is 6.10. The largest absolute Gasteiger partial charge is 0.332 e. The van der Waals surface area contributed by atoms with Crippen molar-refractivity contribution in [2.45, 2.75) is 12.5 Å². The summed E-state index contributed by atoms with van der Waals surface area (Å²) in [7, 11) is 1.91. The van der Waals surface area contributed by atoms with Crippen molar-refractivity contribution in [2.75, 3.05) is 6.54 Å². The summed E-state index contributed by atoms with van der Waals surface area (Å²) in [6, 6.07) is 13.7. The summed E-state index contributed by atoms with van der Waals surface area (Å²) >= 11 is 0. The molecule has 24 heavy (non-hydrogen) atoms. The van der Waals surface area contributed by atoms with E-state index in [0.717, 1.165) is 5.56 Å². The second-order valence-electron chi connectivity index (χ2n) is 6.10. The van der Waals surface area contributed by atoms with Crippen molar-refractivity contribution in [3.63, 3.8) is 0 Å². The first-order valence-corrected chi connectivity index (χ1v) is 7.99. The lowest BCUT2D eigenvalue weighted by atomic mass is 9.86. The van der Waals surface area contributed by atoms with E-state index in [1.807, 2.05) is 42.5 Å². The van der Waals surface area contributed by atoms with Gasteiger partial charge in [0.2, 0.25) is 0 Å². The third-order valence-corrected chi connectivity index (χ3v) is 4.49. The van der Waals surface area contributed by atoms with Crippen LogP contribution in [0.3, 0.4) is 0 Å². The molecule has 0 saturated heterocycles. The van der Waals surface area contributed by atoms with E-state index in [-0.39, 0.29) is 11.8 Å². The van der Waals surface area contributed by atoms with Gasteiger partial charge < -0.3 is 4.90 Å². The molecule has 4 rings (SSSR count). The van der Waals surface area contributed by atoms with Gasteiger partial charge in [-0.15, -0.1) is 0 Å². The summed E-state index contributed by atoms with van der Waals surface area (Å²) in [5.74, 6) is 0.107. The smallest absolute Gasteiger partial charge is 0.272 e. The van der Waals surface area contributed by atoms with Gasteiger partial charge in [0.25, 0.3) is 5.91 Å². The summed E-state index contributed by atoms with van der Waals surface area (Å²) < 4.78 is 1.80. The summed E-state index contributed by atoms with van der Waals surface area (Å²) in [5.41, 5.74) is 4.07. The fourth-order valence-electron chi connectivity index (χ4n) is 3.32. The van der Waals surface area contributed by atoms with Crippen LogP contribution in [0.5, 0.6) is 0 Å². The van der Waals surface area contributed by atoms with Gasteiger partial charge in [0.05, 0.1) is 6.20 Å². The van der Waals surface area contributed by atoms with Crippen molar-refractivity contribution >= 4 is 5.91 Å². The van der Waals surface area contributed by atoms with Crippen molar-refractivity contribution in [3.8, 4) is 0 Å². The van der Waals surface area contributed by atoms with Gasteiger partial charge in [0, 0.05) is 38.4 Å². The first kappa shape index (κ1) is 14.6. The lowest BCUT2D eigenvalue weighted by Gasteiger charge is -2.34. The number of fused-ring (bicyclic) bond motifs is 1. The maximum absolute atomic E-state index is 12.8. The molecular formula is C19H18N4O. The number of hydrogen-bond donors (Lipinski definition) is 0. The van der Waals surface area contributed by atoms with Gasteiger partial charge in [-0.05, 0) is 28.8 Å². The predicted molar refractivity (Wildman–Crippen MR) is 90.5 cm³/mol. The number of amides is 1. The van der Waals surface area contributed by atoms with Crippen molar-refractivity contribution in [2.24, 2.45) is 7.05 Å². The zero-order chi connectivity index (χ0) is 16.5. The van der Waals surface area contributed by atoms with Crippen LogP contribution in [0, 0.1) is 0 Å². The van der Waals surface area contributed by atoms with Gasteiger partial charge in [0.1, 0.15) is 5.69 Å². The molecule has 5 heteroatoms. The Hall–Kier alpha value is -2.95. The van der Waals surface area contributed by atoms with Gasteiger partial charge >= 0.3 is 0 Å². The monoisotopic (exact) mass is 318 g/mol. The number of aryl methyl sites for hydroxylation is 1. The Morgan fingerprint density at radius 2 is 2.00 bits per heavy atom. The van der Waals surface area contributed by atoms with Crippen LogP contribution in [0.1, 0.15) is 33.1 Å². The molecule has 120 valence electrons.